The van der Waals surface area contributed by atoms with Crippen molar-refractivity contribution in [3.05, 3.63) is 101 Å². The summed E-state index contributed by atoms with van der Waals surface area (Å²) < 4.78 is 14.4. The van der Waals surface area contributed by atoms with Gasteiger partial charge in [0.2, 0.25) is 0 Å². The summed E-state index contributed by atoms with van der Waals surface area (Å²) in [4.78, 5) is 16.4. The number of carbonyl (C=O) groups is 1. The minimum absolute atomic E-state index is 0.0545. The topological polar surface area (TPSA) is 73.6 Å². The molecule has 6 heteroatoms. The molecule has 0 spiro atoms. The van der Waals surface area contributed by atoms with Crippen molar-refractivity contribution in [1.29, 1.82) is 0 Å². The van der Waals surface area contributed by atoms with E-state index in [0.29, 0.717) is 36.4 Å². The maximum Gasteiger partial charge on any atom is 0.303 e. The first-order valence-corrected chi connectivity index (χ1v) is 18.7. The van der Waals surface area contributed by atoms with Gasteiger partial charge in [-0.25, -0.2) is 4.98 Å². The fourth-order valence-electron chi connectivity index (χ4n) is 9.47. The second-order valence-corrected chi connectivity index (χ2v) is 15.8. The van der Waals surface area contributed by atoms with E-state index in [9.17, 15) is 4.79 Å². The van der Waals surface area contributed by atoms with E-state index in [1.165, 1.54) is 42.4 Å². The number of methoxy groups -OCH3 is 1. The van der Waals surface area contributed by atoms with E-state index in [0.717, 1.165) is 41.0 Å². The van der Waals surface area contributed by atoms with Gasteiger partial charge in [-0.2, -0.15) is 0 Å². The number of ether oxygens (including phenoxy) is 2. The number of hydrogen-bond acceptors (Lipinski definition) is 4. The van der Waals surface area contributed by atoms with Crippen LogP contribution in [0.3, 0.4) is 0 Å². The largest absolute Gasteiger partial charge is 0.496 e. The number of rotatable bonds is 11. The Balaban J connectivity index is 1.31. The summed E-state index contributed by atoms with van der Waals surface area (Å²) in [5, 5.41) is 9.04. The smallest absolute Gasteiger partial charge is 0.303 e. The second kappa shape index (κ2) is 13.9. The Morgan fingerprint density at radius 2 is 1.82 bits per heavy atom. The predicted molar refractivity (Wildman–Crippen MR) is 206 cm³/mol. The summed E-state index contributed by atoms with van der Waals surface area (Å²) in [7, 11) is 1.69. The van der Waals surface area contributed by atoms with Gasteiger partial charge in [0.15, 0.2) is 0 Å². The van der Waals surface area contributed by atoms with Gasteiger partial charge in [0.1, 0.15) is 17.3 Å². The van der Waals surface area contributed by atoms with Gasteiger partial charge >= 0.3 is 5.97 Å². The molecule has 0 aliphatic heterocycles. The van der Waals surface area contributed by atoms with E-state index in [1.54, 1.807) is 18.2 Å². The Bertz CT molecular complexity index is 2080. The van der Waals surface area contributed by atoms with Crippen LogP contribution in [0.2, 0.25) is 0 Å². The zero-order valence-corrected chi connectivity index (χ0v) is 31.1. The number of benzene rings is 4. The van der Waals surface area contributed by atoms with E-state index < -0.39 is 5.97 Å². The fourth-order valence-corrected chi connectivity index (χ4v) is 9.47. The van der Waals surface area contributed by atoms with Crippen LogP contribution in [0.4, 0.5) is 0 Å². The van der Waals surface area contributed by atoms with Crippen molar-refractivity contribution >= 4 is 17.0 Å². The number of aromatic nitrogens is 2. The number of nitrogens with zero attached hydrogens (tertiary/aromatic N) is 2. The molecule has 5 aromatic rings. The molecular weight excluding hydrogens is 633 g/mol. The predicted octanol–water partition coefficient (Wildman–Crippen LogP) is 10.8. The molecule has 4 aromatic carbocycles. The highest BCUT2D eigenvalue weighted by Crippen LogP contribution is 2.58. The van der Waals surface area contributed by atoms with Crippen LogP contribution in [-0.4, -0.2) is 34.3 Å². The van der Waals surface area contributed by atoms with Gasteiger partial charge in [0, 0.05) is 19.0 Å². The van der Waals surface area contributed by atoms with Crippen molar-refractivity contribution in [1.82, 2.24) is 9.55 Å². The average molecular weight is 685 g/mol. The molecule has 1 fully saturated rings. The third-order valence-electron chi connectivity index (χ3n) is 12.1. The van der Waals surface area contributed by atoms with Crippen molar-refractivity contribution < 1.29 is 19.4 Å². The van der Waals surface area contributed by atoms with E-state index in [4.69, 9.17) is 19.6 Å². The molecule has 0 saturated heterocycles. The molecule has 1 aromatic heterocycles. The fraction of sp³-hybridized carbons (Fsp3) is 0.422. The zero-order valence-electron chi connectivity index (χ0n) is 31.1. The number of imidazole rings is 1. The van der Waals surface area contributed by atoms with Gasteiger partial charge in [-0.1, -0.05) is 82.6 Å². The summed E-state index contributed by atoms with van der Waals surface area (Å²) in [6.07, 6.45) is 6.44. The lowest BCUT2D eigenvalue weighted by Crippen LogP contribution is -2.50. The van der Waals surface area contributed by atoms with Crippen molar-refractivity contribution in [3.8, 4) is 34.0 Å². The minimum Gasteiger partial charge on any atom is -0.496 e. The van der Waals surface area contributed by atoms with Gasteiger partial charge < -0.3 is 19.1 Å². The van der Waals surface area contributed by atoms with Crippen molar-refractivity contribution in [2.45, 2.75) is 97.4 Å². The van der Waals surface area contributed by atoms with E-state index in [-0.39, 0.29) is 17.3 Å². The SMILES string of the molecule is COc1cc(OCCCC(=O)O)ccc1-c1nc2cc(-c3ccccc3C)ccc2n1C[C@@]1(C)CCC[C@]2(C)c3ccc(C(C)C)cc3CC[C@@H]12. The number of aliphatic carboxylic acids is 1. The van der Waals surface area contributed by atoms with Crippen LogP contribution in [0, 0.1) is 18.3 Å². The molecule has 1 saturated carbocycles. The number of carboxylic acid groups (broad SMARTS) is 1. The molecule has 0 radical (unpaired) electrons. The minimum atomic E-state index is -0.819. The molecule has 266 valence electrons. The van der Waals surface area contributed by atoms with Gasteiger partial charge in [-0.3, -0.25) is 4.79 Å². The van der Waals surface area contributed by atoms with Gasteiger partial charge in [0.25, 0.3) is 0 Å². The lowest BCUT2D eigenvalue weighted by molar-refractivity contribution is -0.137. The summed E-state index contributed by atoms with van der Waals surface area (Å²) in [5.41, 5.74) is 11.4. The van der Waals surface area contributed by atoms with E-state index in [2.05, 4.69) is 99.8 Å². The molecule has 1 heterocycles. The van der Waals surface area contributed by atoms with Crippen LogP contribution >= 0.6 is 0 Å². The van der Waals surface area contributed by atoms with Crippen molar-refractivity contribution in [3.63, 3.8) is 0 Å². The van der Waals surface area contributed by atoms with Crippen molar-refractivity contribution in [2.24, 2.45) is 11.3 Å². The Morgan fingerprint density at radius 3 is 2.59 bits per heavy atom. The molecule has 3 atom stereocenters. The molecule has 0 amide bonds. The Morgan fingerprint density at radius 1 is 1.00 bits per heavy atom. The standard InChI is InChI=1S/C45H52N2O4/c1-29(2)31-14-19-37-33(25-31)16-21-41-44(4,22-10-23-45(37,41)5)28-47-39-20-15-32(35-12-8-7-11-30(35)3)26-38(39)46-43(47)36-18-17-34(27-40(36)50-6)51-24-9-13-42(48)49/h7-8,11-12,14-15,17-20,25-27,29,41H,9-10,13,16,21-24,28H2,1-6H3,(H,48,49)/t41-,44+,45+/m0/s1. The van der Waals surface area contributed by atoms with Crippen LogP contribution in [0.1, 0.15) is 94.4 Å². The molecule has 0 bridgehead atoms. The maximum absolute atomic E-state index is 11.0. The van der Waals surface area contributed by atoms with Gasteiger partial charge in [0.05, 0.1) is 30.3 Å². The number of fused-ring (bicyclic) bond motifs is 4. The number of aryl methyl sites for hydroxylation is 2. The first-order valence-electron chi connectivity index (χ1n) is 18.7. The highest BCUT2D eigenvalue weighted by atomic mass is 16.5. The summed E-state index contributed by atoms with van der Waals surface area (Å²) in [6.45, 7) is 13.0. The maximum atomic E-state index is 11.0. The van der Waals surface area contributed by atoms with Crippen LogP contribution in [-0.2, 0) is 23.2 Å². The summed E-state index contributed by atoms with van der Waals surface area (Å²) >= 11 is 0. The lowest BCUT2D eigenvalue weighted by atomic mass is 9.49. The molecule has 1 N–H and O–H groups in total. The van der Waals surface area contributed by atoms with E-state index in [1.807, 2.05) is 18.2 Å². The molecule has 0 unspecified atom stereocenters. The summed E-state index contributed by atoms with van der Waals surface area (Å²) in [5.74, 6) is 2.49. The third-order valence-corrected chi connectivity index (χ3v) is 12.1. The highest BCUT2D eigenvalue weighted by molar-refractivity contribution is 5.87. The normalized spacial score (nSPS) is 21.4. The highest BCUT2D eigenvalue weighted by Gasteiger charge is 2.52. The molecule has 2 aliphatic rings. The molecular formula is C45H52N2O4. The van der Waals surface area contributed by atoms with Crippen LogP contribution in [0.5, 0.6) is 11.5 Å². The number of hydrogen-bond donors (Lipinski definition) is 1. The first kappa shape index (κ1) is 34.9. The quantitative estimate of drug-likeness (QED) is 0.140. The first-order chi connectivity index (χ1) is 24.5. The Labute approximate surface area is 302 Å². The Hall–Kier alpha value is -4.58. The second-order valence-electron chi connectivity index (χ2n) is 15.8. The lowest BCUT2D eigenvalue weighted by Gasteiger charge is -2.56. The Kier molecular flexibility index (Phi) is 9.47. The van der Waals surface area contributed by atoms with E-state index >= 15 is 0 Å². The van der Waals surface area contributed by atoms with Crippen LogP contribution in [0.25, 0.3) is 33.5 Å². The third kappa shape index (κ3) is 6.54. The monoisotopic (exact) mass is 684 g/mol. The molecule has 7 rings (SSSR count). The van der Waals surface area contributed by atoms with Gasteiger partial charge in [-0.05, 0) is 119 Å². The average Bonchev–Trinajstić information content (AvgIpc) is 3.46. The number of carboxylic acids is 1. The van der Waals surface area contributed by atoms with Crippen LogP contribution < -0.4 is 9.47 Å². The summed E-state index contributed by atoms with van der Waals surface area (Å²) in [6, 6.07) is 28.5. The molecule has 51 heavy (non-hydrogen) atoms. The molecule has 6 nitrogen and oxygen atoms in total. The van der Waals surface area contributed by atoms with Crippen LogP contribution in [0.15, 0.2) is 78.9 Å². The van der Waals surface area contributed by atoms with Gasteiger partial charge in [-0.15, -0.1) is 0 Å². The van der Waals surface area contributed by atoms with Crippen molar-refractivity contribution in [2.75, 3.05) is 13.7 Å². The zero-order chi connectivity index (χ0) is 35.9. The molecule has 2 aliphatic carbocycles.